The number of hydrogen-bond acceptors (Lipinski definition) is 3. The fraction of sp³-hybridized carbons (Fsp3) is 0.167. The topological polar surface area (TPSA) is 83.5 Å². The number of hydrogen-bond donors (Lipinski definition) is 2. The summed E-state index contributed by atoms with van der Waals surface area (Å²) in [6, 6.07) is 13.3. The van der Waals surface area contributed by atoms with Crippen LogP contribution in [0.1, 0.15) is 30.9 Å². The van der Waals surface area contributed by atoms with Gasteiger partial charge in [0.05, 0.1) is 10.6 Å². The Kier molecular flexibility index (Phi) is 5.41. The molecule has 0 aromatic heterocycles. The van der Waals surface area contributed by atoms with E-state index in [4.69, 9.17) is 5.11 Å². The minimum Gasteiger partial charge on any atom is -0.478 e. The number of carboxylic acids is 1. The van der Waals surface area contributed by atoms with E-state index < -0.39 is 16.0 Å². The quantitative estimate of drug-likeness (QED) is 0.782. The first-order valence-corrected chi connectivity index (χ1v) is 8.91. The fourth-order valence-corrected chi connectivity index (χ4v) is 3.24. The van der Waals surface area contributed by atoms with E-state index in [1.165, 1.54) is 18.2 Å². The maximum Gasteiger partial charge on any atom is 0.328 e. The average Bonchev–Trinajstić information content (AvgIpc) is 2.54. The molecule has 2 aromatic rings. The van der Waals surface area contributed by atoms with E-state index in [1.807, 2.05) is 19.9 Å². The molecule has 0 atom stereocenters. The normalized spacial score (nSPS) is 11.8. The van der Waals surface area contributed by atoms with Gasteiger partial charge in [0.15, 0.2) is 0 Å². The molecule has 5 nitrogen and oxygen atoms in total. The van der Waals surface area contributed by atoms with Gasteiger partial charge in [-0.05, 0) is 47.4 Å². The Morgan fingerprint density at radius 3 is 2.38 bits per heavy atom. The highest BCUT2D eigenvalue weighted by Crippen LogP contribution is 2.26. The Hall–Kier alpha value is -2.60. The first-order valence-electron chi connectivity index (χ1n) is 7.42. The van der Waals surface area contributed by atoms with Crippen molar-refractivity contribution in [2.24, 2.45) is 0 Å². The van der Waals surface area contributed by atoms with Crippen LogP contribution in [-0.4, -0.2) is 19.5 Å². The van der Waals surface area contributed by atoms with E-state index in [9.17, 15) is 13.2 Å². The zero-order chi connectivity index (χ0) is 17.7. The molecule has 6 heteroatoms. The van der Waals surface area contributed by atoms with Crippen molar-refractivity contribution < 1.29 is 18.3 Å². The summed E-state index contributed by atoms with van der Waals surface area (Å²) in [6.07, 6.45) is 2.37. The van der Waals surface area contributed by atoms with Crippen LogP contribution in [0.3, 0.4) is 0 Å². The molecule has 0 amide bonds. The second kappa shape index (κ2) is 7.31. The third-order valence-corrected chi connectivity index (χ3v) is 4.83. The van der Waals surface area contributed by atoms with Gasteiger partial charge in [0.25, 0.3) is 10.0 Å². The molecule has 0 bridgehead atoms. The fourth-order valence-electron chi connectivity index (χ4n) is 2.14. The van der Waals surface area contributed by atoms with E-state index >= 15 is 0 Å². The number of carbonyl (C=O) groups is 1. The summed E-state index contributed by atoms with van der Waals surface area (Å²) in [7, 11) is -3.74. The first-order chi connectivity index (χ1) is 11.3. The number of carboxylic acid groups (broad SMARTS) is 1. The zero-order valence-corrected chi connectivity index (χ0v) is 14.2. The summed E-state index contributed by atoms with van der Waals surface area (Å²) in [5, 5.41) is 8.83. The number of benzene rings is 2. The van der Waals surface area contributed by atoms with Crippen molar-refractivity contribution in [1.29, 1.82) is 0 Å². The molecular formula is C18H19NO4S. The van der Waals surface area contributed by atoms with E-state index in [0.717, 1.165) is 11.6 Å². The van der Waals surface area contributed by atoms with Crippen molar-refractivity contribution in [3.05, 3.63) is 65.7 Å². The van der Waals surface area contributed by atoms with Crippen LogP contribution in [0.4, 0.5) is 5.69 Å². The molecule has 24 heavy (non-hydrogen) atoms. The van der Waals surface area contributed by atoms with Crippen LogP contribution in [0.5, 0.6) is 0 Å². The predicted molar refractivity (Wildman–Crippen MR) is 94.5 cm³/mol. The minimum atomic E-state index is -3.74. The summed E-state index contributed by atoms with van der Waals surface area (Å²) in [5.41, 5.74) is 1.83. The molecule has 0 fully saturated rings. The van der Waals surface area contributed by atoms with Gasteiger partial charge in [-0.3, -0.25) is 4.72 Å². The Balaban J connectivity index is 2.44. The minimum absolute atomic E-state index is 0.145. The monoisotopic (exact) mass is 345 g/mol. The van der Waals surface area contributed by atoms with Crippen LogP contribution < -0.4 is 4.72 Å². The molecule has 2 aromatic carbocycles. The SMILES string of the molecule is CC(C)c1ccc(NS(=O)(=O)c2ccccc2)c(C=CC(=O)O)c1. The van der Waals surface area contributed by atoms with Gasteiger partial charge in [0, 0.05) is 6.08 Å². The van der Waals surface area contributed by atoms with E-state index in [0.29, 0.717) is 11.3 Å². The molecule has 0 aliphatic heterocycles. The first kappa shape index (κ1) is 17.7. The highest BCUT2D eigenvalue weighted by Gasteiger charge is 2.15. The van der Waals surface area contributed by atoms with Gasteiger partial charge >= 0.3 is 5.97 Å². The number of nitrogens with one attached hydrogen (secondary N) is 1. The highest BCUT2D eigenvalue weighted by molar-refractivity contribution is 7.92. The molecule has 0 spiro atoms. The van der Waals surface area contributed by atoms with Crippen LogP contribution in [0.2, 0.25) is 0 Å². The standard InChI is InChI=1S/C18H19NO4S/c1-13(2)14-8-10-17(15(12-14)9-11-18(20)21)19-24(22,23)16-6-4-3-5-7-16/h3-13,19H,1-2H3,(H,20,21). The summed E-state index contributed by atoms with van der Waals surface area (Å²) < 4.78 is 27.4. The van der Waals surface area contributed by atoms with Crippen molar-refractivity contribution in [3.63, 3.8) is 0 Å². The van der Waals surface area contributed by atoms with Crippen molar-refractivity contribution in [3.8, 4) is 0 Å². The number of sulfonamides is 1. The summed E-state index contributed by atoms with van der Waals surface area (Å²) in [4.78, 5) is 10.9. The highest BCUT2D eigenvalue weighted by atomic mass is 32.2. The molecule has 0 aliphatic rings. The van der Waals surface area contributed by atoms with Gasteiger partial charge in [0.2, 0.25) is 0 Å². The molecular weight excluding hydrogens is 326 g/mol. The lowest BCUT2D eigenvalue weighted by molar-refractivity contribution is -0.131. The Bertz CT molecular complexity index is 856. The lowest BCUT2D eigenvalue weighted by Crippen LogP contribution is -2.13. The lowest BCUT2D eigenvalue weighted by atomic mass is 9.99. The van der Waals surface area contributed by atoms with Crippen LogP contribution in [-0.2, 0) is 14.8 Å². The van der Waals surface area contributed by atoms with E-state index in [-0.39, 0.29) is 10.8 Å². The van der Waals surface area contributed by atoms with Crippen molar-refractivity contribution in [2.75, 3.05) is 4.72 Å². The van der Waals surface area contributed by atoms with E-state index in [1.54, 1.807) is 30.3 Å². The molecule has 0 saturated heterocycles. The lowest BCUT2D eigenvalue weighted by Gasteiger charge is -2.13. The largest absolute Gasteiger partial charge is 0.478 e. The predicted octanol–water partition coefficient (Wildman–Crippen LogP) is 3.71. The Morgan fingerprint density at radius 1 is 1.12 bits per heavy atom. The molecule has 2 rings (SSSR count). The second-order valence-corrected chi connectivity index (χ2v) is 7.27. The second-order valence-electron chi connectivity index (χ2n) is 5.59. The van der Waals surface area contributed by atoms with E-state index in [2.05, 4.69) is 4.72 Å². The maximum absolute atomic E-state index is 12.5. The summed E-state index contributed by atoms with van der Waals surface area (Å²) >= 11 is 0. The molecule has 2 N–H and O–H groups in total. The number of anilines is 1. The van der Waals surface area contributed by atoms with Gasteiger partial charge in [-0.15, -0.1) is 0 Å². The maximum atomic E-state index is 12.5. The number of rotatable bonds is 6. The Labute approximate surface area is 141 Å². The third-order valence-electron chi connectivity index (χ3n) is 3.45. The van der Waals surface area contributed by atoms with Crippen molar-refractivity contribution in [2.45, 2.75) is 24.7 Å². The van der Waals surface area contributed by atoms with Crippen LogP contribution >= 0.6 is 0 Å². The van der Waals surface area contributed by atoms with Crippen LogP contribution in [0.15, 0.2) is 59.5 Å². The molecule has 0 aliphatic carbocycles. The Morgan fingerprint density at radius 2 is 1.79 bits per heavy atom. The van der Waals surface area contributed by atoms with Crippen molar-refractivity contribution >= 4 is 27.8 Å². The van der Waals surface area contributed by atoms with Gasteiger partial charge in [-0.1, -0.05) is 38.1 Å². The summed E-state index contributed by atoms with van der Waals surface area (Å²) in [5.74, 6) is -0.858. The number of aliphatic carboxylic acids is 1. The van der Waals surface area contributed by atoms with Crippen LogP contribution in [0.25, 0.3) is 6.08 Å². The zero-order valence-electron chi connectivity index (χ0n) is 13.4. The molecule has 0 heterocycles. The molecule has 0 saturated carbocycles. The summed E-state index contributed by atoms with van der Waals surface area (Å²) in [6.45, 7) is 4.02. The van der Waals surface area contributed by atoms with Gasteiger partial charge in [-0.2, -0.15) is 0 Å². The molecule has 0 unspecified atom stereocenters. The smallest absolute Gasteiger partial charge is 0.328 e. The van der Waals surface area contributed by atoms with Gasteiger partial charge in [0.1, 0.15) is 0 Å². The molecule has 126 valence electrons. The average molecular weight is 345 g/mol. The van der Waals surface area contributed by atoms with Gasteiger partial charge < -0.3 is 5.11 Å². The molecule has 0 radical (unpaired) electrons. The van der Waals surface area contributed by atoms with Crippen molar-refractivity contribution in [1.82, 2.24) is 0 Å². The van der Waals surface area contributed by atoms with Gasteiger partial charge in [-0.25, -0.2) is 13.2 Å². The van der Waals surface area contributed by atoms with Crippen LogP contribution in [0, 0.1) is 0 Å². The third kappa shape index (κ3) is 4.45.